The Bertz CT molecular complexity index is 552. The number of rotatable bonds is 9. The number of hydrogen-bond acceptors (Lipinski definition) is 3. The van der Waals surface area contributed by atoms with Crippen LogP contribution in [0.2, 0.25) is 0 Å². The van der Waals surface area contributed by atoms with E-state index >= 15 is 0 Å². The third-order valence-corrected chi connectivity index (χ3v) is 5.06. The molecule has 1 fully saturated rings. The van der Waals surface area contributed by atoms with Gasteiger partial charge in [-0.05, 0) is 49.9 Å². The Morgan fingerprint density at radius 1 is 1.24 bits per heavy atom. The lowest BCUT2D eigenvalue weighted by Crippen LogP contribution is -2.46. The second-order valence-electron chi connectivity index (χ2n) is 7.43. The van der Waals surface area contributed by atoms with Crippen LogP contribution in [0.3, 0.4) is 0 Å². The maximum atomic E-state index is 5.27. The molecule has 1 aliphatic carbocycles. The molecule has 0 amide bonds. The van der Waals surface area contributed by atoms with Crippen molar-refractivity contribution < 1.29 is 4.74 Å². The van der Waals surface area contributed by atoms with Crippen molar-refractivity contribution in [3.05, 3.63) is 35.4 Å². The molecule has 1 saturated carbocycles. The van der Waals surface area contributed by atoms with Gasteiger partial charge in [-0.25, -0.2) is 0 Å². The molecule has 25 heavy (non-hydrogen) atoms. The van der Waals surface area contributed by atoms with E-state index in [1.807, 2.05) is 7.05 Å². The lowest BCUT2D eigenvalue weighted by atomic mass is 9.67. The molecule has 0 spiro atoms. The Labute approximate surface area is 152 Å². The third kappa shape index (κ3) is 6.33. The van der Waals surface area contributed by atoms with Crippen LogP contribution in [-0.4, -0.2) is 52.3 Å². The molecule has 0 bridgehead atoms. The zero-order valence-electron chi connectivity index (χ0n) is 16.3. The molecular formula is C20H34N4O. The highest BCUT2D eigenvalue weighted by Crippen LogP contribution is 2.43. The Morgan fingerprint density at radius 2 is 2.00 bits per heavy atom. The van der Waals surface area contributed by atoms with Gasteiger partial charge >= 0.3 is 0 Å². The van der Waals surface area contributed by atoms with Crippen LogP contribution in [0.1, 0.15) is 36.8 Å². The summed E-state index contributed by atoms with van der Waals surface area (Å²) in [6.45, 7) is 3.55. The molecule has 5 heteroatoms. The van der Waals surface area contributed by atoms with Crippen LogP contribution in [0.25, 0.3) is 0 Å². The molecule has 2 N–H and O–H groups in total. The summed E-state index contributed by atoms with van der Waals surface area (Å²) in [5.41, 5.74) is 3.00. The molecule has 1 aromatic rings. The first-order valence-corrected chi connectivity index (χ1v) is 9.23. The molecule has 140 valence electrons. The molecule has 0 aliphatic heterocycles. The lowest BCUT2D eigenvalue weighted by molar-refractivity contribution is 0.0732. The van der Waals surface area contributed by atoms with Gasteiger partial charge in [-0.2, -0.15) is 0 Å². The zero-order valence-corrected chi connectivity index (χ0v) is 16.3. The summed E-state index contributed by atoms with van der Waals surface area (Å²) in [4.78, 5) is 6.56. The second-order valence-corrected chi connectivity index (χ2v) is 7.43. The van der Waals surface area contributed by atoms with Gasteiger partial charge in [-0.1, -0.05) is 30.7 Å². The summed E-state index contributed by atoms with van der Waals surface area (Å²) in [5.74, 6) is 0.877. The summed E-state index contributed by atoms with van der Waals surface area (Å²) in [5, 5.41) is 6.95. The number of nitrogens with one attached hydrogen (secondary N) is 2. The van der Waals surface area contributed by atoms with E-state index in [2.05, 4.69) is 58.9 Å². The zero-order chi connectivity index (χ0) is 18.1. The van der Waals surface area contributed by atoms with E-state index in [1.165, 1.54) is 30.4 Å². The van der Waals surface area contributed by atoms with E-state index in [4.69, 9.17) is 4.74 Å². The van der Waals surface area contributed by atoms with Gasteiger partial charge in [0.15, 0.2) is 5.96 Å². The van der Waals surface area contributed by atoms with Crippen molar-refractivity contribution in [2.24, 2.45) is 10.4 Å². The summed E-state index contributed by atoms with van der Waals surface area (Å²) in [6.07, 6.45) is 5.02. The Morgan fingerprint density at radius 3 is 2.60 bits per heavy atom. The summed E-state index contributed by atoms with van der Waals surface area (Å²) >= 11 is 0. The summed E-state index contributed by atoms with van der Waals surface area (Å²) < 4.78 is 5.27. The first-order chi connectivity index (χ1) is 12.1. The standard InChI is InChI=1S/C20H34N4O/c1-21-19(23-16-20(9-6-10-20)11-12-25-4)22-14-17-7-5-8-18(13-17)15-24(2)3/h5,7-8,13H,6,9-12,14-16H2,1-4H3,(H2,21,22,23). The van der Waals surface area contributed by atoms with Crippen LogP contribution in [0.15, 0.2) is 29.3 Å². The number of nitrogens with zero attached hydrogens (tertiary/aromatic N) is 2. The number of aliphatic imine (C=N–C) groups is 1. The van der Waals surface area contributed by atoms with E-state index in [0.717, 1.165) is 38.6 Å². The van der Waals surface area contributed by atoms with Crippen molar-refractivity contribution in [1.82, 2.24) is 15.5 Å². The van der Waals surface area contributed by atoms with E-state index in [1.54, 1.807) is 7.11 Å². The molecule has 1 aromatic carbocycles. The lowest BCUT2D eigenvalue weighted by Gasteiger charge is -2.42. The first-order valence-electron chi connectivity index (χ1n) is 9.23. The average Bonchev–Trinajstić information content (AvgIpc) is 2.56. The maximum absolute atomic E-state index is 5.27. The van der Waals surface area contributed by atoms with E-state index in [-0.39, 0.29) is 0 Å². The van der Waals surface area contributed by atoms with Gasteiger partial charge in [0.1, 0.15) is 0 Å². The summed E-state index contributed by atoms with van der Waals surface area (Å²) in [6, 6.07) is 8.71. The van der Waals surface area contributed by atoms with Crippen LogP contribution in [0.5, 0.6) is 0 Å². The first kappa shape index (κ1) is 19.7. The van der Waals surface area contributed by atoms with Gasteiger partial charge < -0.3 is 20.3 Å². The molecular weight excluding hydrogens is 312 g/mol. The van der Waals surface area contributed by atoms with Gasteiger partial charge in [0, 0.05) is 40.4 Å². The minimum atomic E-state index is 0.388. The molecule has 0 aromatic heterocycles. The topological polar surface area (TPSA) is 48.9 Å². The van der Waals surface area contributed by atoms with Crippen molar-refractivity contribution in [3.8, 4) is 0 Å². The summed E-state index contributed by atoms with van der Waals surface area (Å²) in [7, 11) is 7.80. The highest BCUT2D eigenvalue weighted by Gasteiger charge is 2.36. The van der Waals surface area contributed by atoms with Crippen molar-refractivity contribution >= 4 is 5.96 Å². The quantitative estimate of drug-likeness (QED) is 0.533. The fourth-order valence-electron chi connectivity index (χ4n) is 3.39. The minimum absolute atomic E-state index is 0.388. The fraction of sp³-hybridized carbons (Fsp3) is 0.650. The number of guanidine groups is 1. The molecule has 0 saturated heterocycles. The fourth-order valence-corrected chi connectivity index (χ4v) is 3.39. The molecule has 0 radical (unpaired) electrons. The van der Waals surface area contributed by atoms with Crippen LogP contribution in [0, 0.1) is 5.41 Å². The second kappa shape index (κ2) is 9.78. The van der Waals surface area contributed by atoms with Gasteiger partial charge in [0.2, 0.25) is 0 Å². The number of ether oxygens (including phenoxy) is 1. The Kier molecular flexibility index (Phi) is 7.72. The van der Waals surface area contributed by atoms with Crippen LogP contribution < -0.4 is 10.6 Å². The van der Waals surface area contributed by atoms with Crippen molar-refractivity contribution in [3.63, 3.8) is 0 Å². The molecule has 0 heterocycles. The maximum Gasteiger partial charge on any atom is 0.191 e. The SMILES string of the molecule is CN=C(NCc1cccc(CN(C)C)c1)NCC1(CCOC)CCC1. The van der Waals surface area contributed by atoms with Gasteiger partial charge in [-0.3, -0.25) is 4.99 Å². The number of hydrogen-bond donors (Lipinski definition) is 2. The van der Waals surface area contributed by atoms with Crippen molar-refractivity contribution in [1.29, 1.82) is 0 Å². The third-order valence-electron chi connectivity index (χ3n) is 5.06. The van der Waals surface area contributed by atoms with Gasteiger partial charge in [0.25, 0.3) is 0 Å². The molecule has 5 nitrogen and oxygen atoms in total. The number of methoxy groups -OCH3 is 1. The Balaban J connectivity index is 1.82. The minimum Gasteiger partial charge on any atom is -0.385 e. The van der Waals surface area contributed by atoms with Gasteiger partial charge in [0.05, 0.1) is 0 Å². The highest BCUT2D eigenvalue weighted by molar-refractivity contribution is 5.79. The van der Waals surface area contributed by atoms with E-state index in [0.29, 0.717) is 5.41 Å². The van der Waals surface area contributed by atoms with E-state index < -0.39 is 0 Å². The van der Waals surface area contributed by atoms with Crippen LogP contribution in [-0.2, 0) is 17.8 Å². The molecule has 2 rings (SSSR count). The van der Waals surface area contributed by atoms with Crippen molar-refractivity contribution in [2.75, 3.05) is 41.4 Å². The highest BCUT2D eigenvalue weighted by atomic mass is 16.5. The molecule has 0 unspecified atom stereocenters. The molecule has 0 atom stereocenters. The van der Waals surface area contributed by atoms with E-state index in [9.17, 15) is 0 Å². The number of benzene rings is 1. The predicted molar refractivity (Wildman–Crippen MR) is 105 cm³/mol. The average molecular weight is 347 g/mol. The molecule has 1 aliphatic rings. The largest absolute Gasteiger partial charge is 0.385 e. The van der Waals surface area contributed by atoms with Crippen LogP contribution in [0.4, 0.5) is 0 Å². The smallest absolute Gasteiger partial charge is 0.191 e. The normalized spacial score (nSPS) is 16.6. The monoisotopic (exact) mass is 346 g/mol. The van der Waals surface area contributed by atoms with Crippen molar-refractivity contribution in [2.45, 2.75) is 38.8 Å². The Hall–Kier alpha value is -1.59. The predicted octanol–water partition coefficient (Wildman–Crippen LogP) is 2.62. The van der Waals surface area contributed by atoms with Crippen LogP contribution >= 0.6 is 0 Å². The van der Waals surface area contributed by atoms with Gasteiger partial charge in [-0.15, -0.1) is 0 Å².